The number of rotatable bonds is 10. The lowest BCUT2D eigenvalue weighted by molar-refractivity contribution is -0.151. The van der Waals surface area contributed by atoms with Gasteiger partial charge in [0.05, 0.1) is 6.04 Å². The first-order valence-electron chi connectivity index (χ1n) is 10.6. The number of benzene rings is 2. The maximum atomic E-state index is 12.4. The van der Waals surface area contributed by atoms with E-state index >= 15 is 0 Å². The van der Waals surface area contributed by atoms with Crippen LogP contribution in [0.2, 0.25) is 0 Å². The Morgan fingerprint density at radius 1 is 0.912 bits per heavy atom. The Kier molecular flexibility index (Phi) is 7.62. The second kappa shape index (κ2) is 10.6. The second-order valence-electron chi connectivity index (χ2n) is 7.85. The molecule has 1 aliphatic rings. The standard InChI is InChI=1S/C24H24N2O8/c1-13(22(30)26-19(10-11-20(27)28)21(29)23(31)32)25-24(33)34-12-18-16-8-4-2-6-14(16)15-7-3-5-9-17(15)18/h2-9,13,18-19H,10-12H2,1H3,(H,25,33)(H,26,30)(H,27,28)(H,31,32)/t13?,19-/m0/s1. The third-order valence-corrected chi connectivity index (χ3v) is 5.56. The Balaban J connectivity index is 1.58. The van der Waals surface area contributed by atoms with Crippen molar-refractivity contribution in [2.75, 3.05) is 6.61 Å². The molecule has 1 unspecified atom stereocenters. The summed E-state index contributed by atoms with van der Waals surface area (Å²) in [5, 5.41) is 22.2. The molecule has 0 saturated carbocycles. The normalized spacial score (nSPS) is 13.7. The van der Waals surface area contributed by atoms with Crippen LogP contribution in [-0.4, -0.2) is 58.6 Å². The zero-order valence-electron chi connectivity index (χ0n) is 18.3. The van der Waals surface area contributed by atoms with E-state index in [0.717, 1.165) is 22.3 Å². The van der Waals surface area contributed by atoms with E-state index in [4.69, 9.17) is 14.9 Å². The fourth-order valence-electron chi connectivity index (χ4n) is 3.86. The largest absolute Gasteiger partial charge is 0.481 e. The number of fused-ring (bicyclic) bond motifs is 3. The van der Waals surface area contributed by atoms with Crippen LogP contribution >= 0.6 is 0 Å². The van der Waals surface area contributed by atoms with Crippen molar-refractivity contribution in [2.24, 2.45) is 0 Å². The van der Waals surface area contributed by atoms with E-state index in [2.05, 4.69) is 10.6 Å². The minimum atomic E-state index is -1.80. The summed E-state index contributed by atoms with van der Waals surface area (Å²) in [6, 6.07) is 12.9. The lowest BCUT2D eigenvalue weighted by Gasteiger charge is -2.20. The highest BCUT2D eigenvalue weighted by Gasteiger charge is 2.31. The molecule has 2 amide bonds. The average molecular weight is 468 g/mol. The molecule has 10 heteroatoms. The summed E-state index contributed by atoms with van der Waals surface area (Å²) in [5.74, 6) is -5.41. The van der Waals surface area contributed by atoms with Gasteiger partial charge in [-0.05, 0) is 35.6 Å². The van der Waals surface area contributed by atoms with Crippen LogP contribution in [0.4, 0.5) is 4.79 Å². The molecule has 34 heavy (non-hydrogen) atoms. The van der Waals surface area contributed by atoms with Gasteiger partial charge in [0.2, 0.25) is 5.91 Å². The van der Waals surface area contributed by atoms with Crippen molar-refractivity contribution in [3.05, 3.63) is 59.7 Å². The van der Waals surface area contributed by atoms with Gasteiger partial charge >= 0.3 is 18.0 Å². The highest BCUT2D eigenvalue weighted by molar-refractivity contribution is 6.35. The number of carbonyl (C=O) groups excluding carboxylic acids is 3. The number of hydrogen-bond acceptors (Lipinski definition) is 6. The number of amides is 2. The molecular weight excluding hydrogens is 444 g/mol. The van der Waals surface area contributed by atoms with E-state index in [1.165, 1.54) is 6.92 Å². The molecule has 10 nitrogen and oxygen atoms in total. The predicted molar refractivity (Wildman–Crippen MR) is 119 cm³/mol. The smallest absolute Gasteiger partial charge is 0.407 e. The molecule has 0 saturated heterocycles. The number of carboxylic acid groups (broad SMARTS) is 2. The van der Waals surface area contributed by atoms with Crippen LogP contribution in [0.3, 0.4) is 0 Å². The van der Waals surface area contributed by atoms with Gasteiger partial charge in [-0.25, -0.2) is 9.59 Å². The van der Waals surface area contributed by atoms with Crippen LogP contribution in [0.25, 0.3) is 11.1 Å². The molecule has 0 bridgehead atoms. The van der Waals surface area contributed by atoms with E-state index < -0.39 is 54.6 Å². The number of Topliss-reactive ketones (excluding diaryl/α,β-unsaturated/α-hetero) is 1. The molecule has 178 valence electrons. The fraction of sp³-hybridized carbons (Fsp3) is 0.292. The summed E-state index contributed by atoms with van der Waals surface area (Å²) in [6.07, 6.45) is -1.78. The zero-order chi connectivity index (χ0) is 24.8. The number of nitrogens with one attached hydrogen (secondary N) is 2. The Morgan fingerprint density at radius 3 is 2.00 bits per heavy atom. The van der Waals surface area contributed by atoms with E-state index in [0.29, 0.717) is 0 Å². The van der Waals surface area contributed by atoms with Crippen LogP contribution in [0.5, 0.6) is 0 Å². The predicted octanol–water partition coefficient (Wildman–Crippen LogP) is 1.92. The Hall–Kier alpha value is -4.21. The zero-order valence-corrected chi connectivity index (χ0v) is 18.3. The fourth-order valence-corrected chi connectivity index (χ4v) is 3.86. The first-order valence-corrected chi connectivity index (χ1v) is 10.6. The molecule has 0 fully saturated rings. The number of carboxylic acids is 2. The highest BCUT2D eigenvalue weighted by Crippen LogP contribution is 2.44. The molecular formula is C24H24N2O8. The first-order chi connectivity index (χ1) is 16.2. The molecule has 2 aromatic rings. The van der Waals surface area contributed by atoms with Gasteiger partial charge in [-0.2, -0.15) is 0 Å². The number of aliphatic carboxylic acids is 2. The van der Waals surface area contributed by atoms with E-state index in [1.807, 2.05) is 48.5 Å². The van der Waals surface area contributed by atoms with Gasteiger partial charge in [0.15, 0.2) is 0 Å². The summed E-state index contributed by atoms with van der Waals surface area (Å²) in [4.78, 5) is 58.2. The van der Waals surface area contributed by atoms with Crippen molar-refractivity contribution >= 4 is 29.7 Å². The van der Waals surface area contributed by atoms with Crippen LogP contribution in [-0.2, 0) is 23.9 Å². The molecule has 0 heterocycles. The maximum absolute atomic E-state index is 12.4. The van der Waals surface area contributed by atoms with Gasteiger partial charge in [0.25, 0.3) is 5.78 Å². The quantitative estimate of drug-likeness (QED) is 0.385. The van der Waals surface area contributed by atoms with Crippen LogP contribution in [0.15, 0.2) is 48.5 Å². The molecule has 0 radical (unpaired) electrons. The minimum Gasteiger partial charge on any atom is -0.481 e. The van der Waals surface area contributed by atoms with E-state index in [1.54, 1.807) is 0 Å². The highest BCUT2D eigenvalue weighted by atomic mass is 16.5. The van der Waals surface area contributed by atoms with Crippen molar-refractivity contribution in [3.8, 4) is 11.1 Å². The van der Waals surface area contributed by atoms with Crippen molar-refractivity contribution < 1.29 is 38.9 Å². The van der Waals surface area contributed by atoms with Gasteiger partial charge in [0, 0.05) is 12.3 Å². The average Bonchev–Trinajstić information content (AvgIpc) is 3.13. The van der Waals surface area contributed by atoms with Crippen molar-refractivity contribution in [2.45, 2.75) is 37.8 Å². The lowest BCUT2D eigenvalue weighted by atomic mass is 9.98. The Bertz CT molecular complexity index is 1080. The van der Waals surface area contributed by atoms with Crippen LogP contribution in [0.1, 0.15) is 36.8 Å². The van der Waals surface area contributed by atoms with Crippen molar-refractivity contribution in [1.82, 2.24) is 10.6 Å². The third kappa shape index (κ3) is 5.58. The molecule has 2 atom stereocenters. The maximum Gasteiger partial charge on any atom is 0.407 e. The molecule has 0 aliphatic heterocycles. The van der Waals surface area contributed by atoms with Gasteiger partial charge in [-0.1, -0.05) is 48.5 Å². The number of carbonyl (C=O) groups is 5. The van der Waals surface area contributed by atoms with Crippen LogP contribution < -0.4 is 10.6 Å². The SMILES string of the molecule is CC(NC(=O)OCC1c2ccccc2-c2ccccc21)C(=O)N[C@@H](CCC(=O)O)C(=O)C(=O)O. The second-order valence-corrected chi connectivity index (χ2v) is 7.85. The van der Waals surface area contributed by atoms with Gasteiger partial charge in [-0.3, -0.25) is 14.4 Å². The van der Waals surface area contributed by atoms with Crippen molar-refractivity contribution in [1.29, 1.82) is 0 Å². The molecule has 2 aromatic carbocycles. The topological polar surface area (TPSA) is 159 Å². The van der Waals surface area contributed by atoms with Gasteiger partial charge in [-0.15, -0.1) is 0 Å². The Morgan fingerprint density at radius 2 is 1.47 bits per heavy atom. The minimum absolute atomic E-state index is 0.0347. The molecule has 1 aliphatic carbocycles. The monoisotopic (exact) mass is 468 g/mol. The summed E-state index contributed by atoms with van der Waals surface area (Å²) < 4.78 is 5.36. The van der Waals surface area contributed by atoms with Crippen LogP contribution in [0, 0.1) is 0 Å². The summed E-state index contributed by atoms with van der Waals surface area (Å²) in [6.45, 7) is 1.36. The molecule has 3 rings (SSSR count). The van der Waals surface area contributed by atoms with E-state index in [-0.39, 0.29) is 12.5 Å². The number of alkyl carbamates (subject to hydrolysis) is 1. The summed E-state index contributed by atoms with van der Waals surface area (Å²) >= 11 is 0. The molecule has 0 spiro atoms. The number of ketones is 1. The molecule has 0 aromatic heterocycles. The van der Waals surface area contributed by atoms with Gasteiger partial charge < -0.3 is 25.6 Å². The van der Waals surface area contributed by atoms with Gasteiger partial charge in [0.1, 0.15) is 12.6 Å². The third-order valence-electron chi connectivity index (χ3n) is 5.56. The summed E-state index contributed by atoms with van der Waals surface area (Å²) in [7, 11) is 0. The van der Waals surface area contributed by atoms with E-state index in [9.17, 15) is 24.0 Å². The first kappa shape index (κ1) is 24.4. The summed E-state index contributed by atoms with van der Waals surface area (Å²) in [5.41, 5.74) is 4.18. The lowest BCUT2D eigenvalue weighted by Crippen LogP contribution is -2.51. The number of hydrogen-bond donors (Lipinski definition) is 4. The van der Waals surface area contributed by atoms with Crippen molar-refractivity contribution in [3.63, 3.8) is 0 Å². The Labute approximate surface area is 194 Å². The number of ether oxygens (including phenoxy) is 1. The molecule has 4 N–H and O–H groups in total.